The van der Waals surface area contributed by atoms with Gasteiger partial charge in [-0.05, 0) is 23.9 Å². The molecule has 0 aliphatic heterocycles. The average molecular weight is 316 g/mol. The number of aromatic nitrogens is 2. The zero-order valence-corrected chi connectivity index (χ0v) is 13.2. The zero-order valence-electron chi connectivity index (χ0n) is 12.5. The average Bonchev–Trinajstić information content (AvgIpc) is 2.37. The Hall–Kier alpha value is -1.69. The first-order chi connectivity index (χ1) is 9.74. The lowest BCUT2D eigenvalue weighted by Crippen LogP contribution is -2.33. The number of ether oxygens (including phenoxy) is 1. The van der Waals surface area contributed by atoms with Crippen LogP contribution >= 0.6 is 11.6 Å². The molecule has 0 radical (unpaired) electrons. The number of hydrogen-bond acceptors (Lipinski definition) is 5. The summed E-state index contributed by atoms with van der Waals surface area (Å²) in [5.41, 5.74) is -0.285. The van der Waals surface area contributed by atoms with E-state index in [-0.39, 0.29) is 22.6 Å². The number of nitrogens with zero attached hydrogens (tertiary/aromatic N) is 2. The van der Waals surface area contributed by atoms with E-state index in [0.717, 1.165) is 6.20 Å². The topological polar surface area (TPSA) is 64.1 Å². The SMILES string of the molecule is CCOC(=O)/C=C/C(Nc1nc(Cl)ncc1F)C(C)(C)C. The number of anilines is 1. The van der Waals surface area contributed by atoms with Crippen LogP contribution in [0.25, 0.3) is 0 Å². The standard InChI is InChI=1S/C14H19ClFN3O2/c1-5-21-11(20)7-6-10(14(2,3)4)18-12-9(16)8-17-13(15)19-12/h6-8,10H,5H2,1-4H3,(H,17,18,19)/b7-6+. The van der Waals surface area contributed by atoms with Crippen LogP contribution in [-0.2, 0) is 9.53 Å². The molecule has 1 rings (SSSR count). The molecule has 0 amide bonds. The van der Waals surface area contributed by atoms with Crippen molar-refractivity contribution in [2.75, 3.05) is 11.9 Å². The highest BCUT2D eigenvalue weighted by Gasteiger charge is 2.24. The fraction of sp³-hybridized carbons (Fsp3) is 0.500. The molecule has 21 heavy (non-hydrogen) atoms. The van der Waals surface area contributed by atoms with Gasteiger partial charge < -0.3 is 10.1 Å². The molecule has 1 unspecified atom stereocenters. The first-order valence-electron chi connectivity index (χ1n) is 6.53. The molecule has 0 saturated carbocycles. The predicted octanol–water partition coefficient (Wildman–Crippen LogP) is 3.22. The molecule has 5 nitrogen and oxygen atoms in total. The van der Waals surface area contributed by atoms with E-state index in [1.165, 1.54) is 6.08 Å². The Bertz CT molecular complexity index is 529. The molecular formula is C14H19ClFN3O2. The molecule has 0 aliphatic carbocycles. The van der Waals surface area contributed by atoms with Crippen LogP contribution in [0.4, 0.5) is 10.2 Å². The van der Waals surface area contributed by atoms with Crippen molar-refractivity contribution in [3.05, 3.63) is 29.4 Å². The zero-order chi connectivity index (χ0) is 16.0. The fourth-order valence-corrected chi connectivity index (χ4v) is 1.65. The van der Waals surface area contributed by atoms with Gasteiger partial charge in [0.2, 0.25) is 5.28 Å². The summed E-state index contributed by atoms with van der Waals surface area (Å²) in [5.74, 6) is -1.07. The van der Waals surface area contributed by atoms with Crippen molar-refractivity contribution < 1.29 is 13.9 Å². The van der Waals surface area contributed by atoms with E-state index in [2.05, 4.69) is 15.3 Å². The van der Waals surface area contributed by atoms with Gasteiger partial charge >= 0.3 is 5.97 Å². The predicted molar refractivity (Wildman–Crippen MR) is 79.6 cm³/mol. The molecule has 0 bridgehead atoms. The second kappa shape index (κ2) is 7.36. The van der Waals surface area contributed by atoms with Gasteiger partial charge in [0.1, 0.15) is 0 Å². The van der Waals surface area contributed by atoms with Crippen molar-refractivity contribution in [1.82, 2.24) is 9.97 Å². The fourth-order valence-electron chi connectivity index (χ4n) is 1.51. The highest BCUT2D eigenvalue weighted by atomic mass is 35.5. The molecule has 0 fully saturated rings. The van der Waals surface area contributed by atoms with Crippen molar-refractivity contribution in [1.29, 1.82) is 0 Å². The van der Waals surface area contributed by atoms with Crippen LogP contribution in [-0.4, -0.2) is 28.6 Å². The van der Waals surface area contributed by atoms with Gasteiger partial charge in [0.25, 0.3) is 0 Å². The molecule has 0 spiro atoms. The number of nitrogens with one attached hydrogen (secondary N) is 1. The Morgan fingerprint density at radius 2 is 2.24 bits per heavy atom. The number of hydrogen-bond donors (Lipinski definition) is 1. The maximum Gasteiger partial charge on any atom is 0.330 e. The summed E-state index contributed by atoms with van der Waals surface area (Å²) in [6.45, 7) is 7.86. The lowest BCUT2D eigenvalue weighted by molar-refractivity contribution is -0.137. The van der Waals surface area contributed by atoms with E-state index < -0.39 is 11.8 Å². The molecule has 7 heteroatoms. The molecule has 116 valence electrons. The van der Waals surface area contributed by atoms with Gasteiger partial charge in [-0.2, -0.15) is 4.98 Å². The summed E-state index contributed by atoms with van der Waals surface area (Å²) >= 11 is 5.66. The van der Waals surface area contributed by atoms with Crippen LogP contribution in [0.2, 0.25) is 5.28 Å². The maximum atomic E-state index is 13.7. The van der Waals surface area contributed by atoms with Crippen LogP contribution in [0.1, 0.15) is 27.7 Å². The van der Waals surface area contributed by atoms with Crippen molar-refractivity contribution in [2.24, 2.45) is 5.41 Å². The van der Waals surface area contributed by atoms with Crippen LogP contribution in [0, 0.1) is 11.2 Å². The monoisotopic (exact) mass is 315 g/mol. The van der Waals surface area contributed by atoms with E-state index in [9.17, 15) is 9.18 Å². The molecule has 0 aliphatic rings. The molecule has 0 aromatic carbocycles. The number of carbonyl (C=O) groups is 1. The summed E-state index contributed by atoms with van der Waals surface area (Å²) in [7, 11) is 0. The lowest BCUT2D eigenvalue weighted by Gasteiger charge is -2.29. The van der Waals surface area contributed by atoms with Gasteiger partial charge in [-0.3, -0.25) is 0 Å². The van der Waals surface area contributed by atoms with Crippen LogP contribution in [0.15, 0.2) is 18.3 Å². The molecule has 1 aromatic heterocycles. The van der Waals surface area contributed by atoms with Crippen LogP contribution < -0.4 is 5.32 Å². The summed E-state index contributed by atoms with van der Waals surface area (Å²) in [5, 5.41) is 2.87. The summed E-state index contributed by atoms with van der Waals surface area (Å²) < 4.78 is 18.5. The second-order valence-corrected chi connectivity index (χ2v) is 5.77. The molecule has 1 heterocycles. The van der Waals surface area contributed by atoms with Crippen molar-refractivity contribution in [3.8, 4) is 0 Å². The summed E-state index contributed by atoms with van der Waals surface area (Å²) in [6, 6.07) is -0.345. The van der Waals surface area contributed by atoms with Gasteiger partial charge in [-0.1, -0.05) is 26.8 Å². The molecule has 1 N–H and O–H groups in total. The Kier molecular flexibility index (Phi) is 6.08. The van der Waals surface area contributed by atoms with Gasteiger partial charge in [0, 0.05) is 6.08 Å². The largest absolute Gasteiger partial charge is 0.463 e. The van der Waals surface area contributed by atoms with Gasteiger partial charge in [0.05, 0.1) is 18.8 Å². The Morgan fingerprint density at radius 1 is 1.57 bits per heavy atom. The summed E-state index contributed by atoms with van der Waals surface area (Å²) in [4.78, 5) is 18.8. The van der Waals surface area contributed by atoms with Crippen LogP contribution in [0.3, 0.4) is 0 Å². The number of rotatable bonds is 5. The second-order valence-electron chi connectivity index (χ2n) is 5.43. The third-order valence-electron chi connectivity index (χ3n) is 2.65. The molecule has 0 saturated heterocycles. The first kappa shape index (κ1) is 17.4. The van der Waals surface area contributed by atoms with Gasteiger partial charge in [-0.25, -0.2) is 14.2 Å². The highest BCUT2D eigenvalue weighted by molar-refractivity contribution is 6.28. The Morgan fingerprint density at radius 3 is 2.81 bits per heavy atom. The lowest BCUT2D eigenvalue weighted by atomic mass is 9.86. The van der Waals surface area contributed by atoms with E-state index in [1.54, 1.807) is 13.0 Å². The first-order valence-corrected chi connectivity index (χ1v) is 6.91. The number of carbonyl (C=O) groups excluding carboxylic acids is 1. The van der Waals surface area contributed by atoms with E-state index >= 15 is 0 Å². The molecule has 1 atom stereocenters. The maximum absolute atomic E-state index is 13.7. The third-order valence-corrected chi connectivity index (χ3v) is 2.83. The smallest absolute Gasteiger partial charge is 0.330 e. The number of halogens is 2. The number of esters is 1. The van der Waals surface area contributed by atoms with Crippen molar-refractivity contribution >= 4 is 23.4 Å². The van der Waals surface area contributed by atoms with E-state index in [0.29, 0.717) is 6.61 Å². The quantitative estimate of drug-likeness (QED) is 0.513. The van der Waals surface area contributed by atoms with Crippen molar-refractivity contribution in [2.45, 2.75) is 33.7 Å². The molecule has 1 aromatic rings. The minimum absolute atomic E-state index is 0.0107. The highest BCUT2D eigenvalue weighted by Crippen LogP contribution is 2.25. The van der Waals surface area contributed by atoms with Gasteiger partial charge in [0.15, 0.2) is 11.6 Å². The molecular weight excluding hydrogens is 297 g/mol. The Balaban J connectivity index is 2.94. The minimum atomic E-state index is -0.613. The minimum Gasteiger partial charge on any atom is -0.463 e. The van der Waals surface area contributed by atoms with Crippen molar-refractivity contribution in [3.63, 3.8) is 0 Å². The van der Waals surface area contributed by atoms with E-state index in [1.807, 2.05) is 20.8 Å². The van der Waals surface area contributed by atoms with Gasteiger partial charge in [-0.15, -0.1) is 0 Å². The third kappa shape index (κ3) is 5.67. The van der Waals surface area contributed by atoms with Crippen LogP contribution in [0.5, 0.6) is 0 Å². The Labute approximate surface area is 128 Å². The normalized spacial score (nSPS) is 13.2. The summed E-state index contributed by atoms with van der Waals surface area (Å²) in [6.07, 6.45) is 3.92. The van der Waals surface area contributed by atoms with E-state index in [4.69, 9.17) is 16.3 Å².